The molecule has 0 radical (unpaired) electrons. The number of carbonyl (C=O) groups is 2. The molecule has 2 amide bonds. The first-order valence-electron chi connectivity index (χ1n) is 6.23. The van der Waals surface area contributed by atoms with Crippen molar-refractivity contribution in [1.29, 1.82) is 0 Å². The lowest BCUT2D eigenvalue weighted by atomic mass is 10.3. The van der Waals surface area contributed by atoms with Gasteiger partial charge in [0.1, 0.15) is 11.6 Å². The van der Waals surface area contributed by atoms with Gasteiger partial charge in [0.05, 0.1) is 8.45 Å². The van der Waals surface area contributed by atoms with Crippen LogP contribution in [0.15, 0.2) is 29.6 Å². The lowest BCUT2D eigenvalue weighted by molar-refractivity contribution is -0.116. The molecule has 2 N–H and O–H groups in total. The smallest absolute Gasteiger partial charge is 0.261 e. The molecule has 8 heteroatoms. The second-order valence-electron chi connectivity index (χ2n) is 4.29. The summed E-state index contributed by atoms with van der Waals surface area (Å²) in [4.78, 5) is 23.9. The molecular formula is C14H11F2IN2O2S. The molecule has 4 nitrogen and oxygen atoms in total. The highest BCUT2D eigenvalue weighted by Crippen LogP contribution is 2.20. The highest BCUT2D eigenvalue weighted by molar-refractivity contribution is 14.1. The maximum absolute atomic E-state index is 13.4. The molecule has 1 aromatic carbocycles. The van der Waals surface area contributed by atoms with E-state index in [1.54, 1.807) is 40.1 Å². The molecule has 22 heavy (non-hydrogen) atoms. The third-order valence-corrected chi connectivity index (χ3v) is 4.55. The van der Waals surface area contributed by atoms with Crippen LogP contribution in [0.5, 0.6) is 0 Å². The normalized spacial score (nSPS) is 10.3. The van der Waals surface area contributed by atoms with E-state index in [0.717, 1.165) is 12.1 Å². The molecule has 0 saturated carbocycles. The minimum Gasteiger partial charge on any atom is -0.351 e. The Morgan fingerprint density at radius 1 is 1.23 bits per heavy atom. The van der Waals surface area contributed by atoms with Crippen molar-refractivity contribution in [2.24, 2.45) is 0 Å². The standard InChI is InChI=1S/C14H11F2IN2O2S/c15-9-6-8(7-10(16)13(9)17)19-12(20)3-4-18-14(21)11-2-1-5-22-11/h1-2,5-7H,3-4H2,(H,18,21)(H,19,20). The number of thiophene rings is 1. The highest BCUT2D eigenvalue weighted by Gasteiger charge is 2.11. The molecule has 0 unspecified atom stereocenters. The molecule has 0 spiro atoms. The molecule has 0 atom stereocenters. The SMILES string of the molecule is O=C(CCNC(=O)c1cccs1)Nc1cc(F)c(I)c(F)c1. The summed E-state index contributed by atoms with van der Waals surface area (Å²) in [6, 6.07) is 5.53. The van der Waals surface area contributed by atoms with Gasteiger partial charge >= 0.3 is 0 Å². The van der Waals surface area contributed by atoms with Crippen LogP contribution in [0.4, 0.5) is 14.5 Å². The van der Waals surface area contributed by atoms with E-state index in [0.29, 0.717) is 4.88 Å². The van der Waals surface area contributed by atoms with Crippen LogP contribution in [0.25, 0.3) is 0 Å². The van der Waals surface area contributed by atoms with E-state index in [1.165, 1.54) is 11.3 Å². The van der Waals surface area contributed by atoms with Gasteiger partial charge in [-0.1, -0.05) is 6.07 Å². The Morgan fingerprint density at radius 2 is 1.91 bits per heavy atom. The van der Waals surface area contributed by atoms with Gasteiger partial charge in [0.2, 0.25) is 5.91 Å². The number of carbonyl (C=O) groups excluding carboxylic acids is 2. The Morgan fingerprint density at radius 3 is 2.50 bits per heavy atom. The minimum atomic E-state index is -0.734. The molecule has 116 valence electrons. The van der Waals surface area contributed by atoms with Crippen LogP contribution in [-0.4, -0.2) is 18.4 Å². The monoisotopic (exact) mass is 436 g/mol. The van der Waals surface area contributed by atoms with Crippen molar-refractivity contribution in [3.63, 3.8) is 0 Å². The van der Waals surface area contributed by atoms with Gasteiger partial charge in [-0.3, -0.25) is 9.59 Å². The first kappa shape index (κ1) is 16.8. The van der Waals surface area contributed by atoms with Gasteiger partial charge in [-0.05, 0) is 46.2 Å². The molecular weight excluding hydrogens is 425 g/mol. The average molecular weight is 436 g/mol. The van der Waals surface area contributed by atoms with Crippen molar-refractivity contribution in [3.8, 4) is 0 Å². The van der Waals surface area contributed by atoms with Crippen LogP contribution in [0.2, 0.25) is 0 Å². The van der Waals surface area contributed by atoms with Crippen molar-refractivity contribution in [2.75, 3.05) is 11.9 Å². The largest absolute Gasteiger partial charge is 0.351 e. The van der Waals surface area contributed by atoms with Gasteiger partial charge in [-0.2, -0.15) is 0 Å². The van der Waals surface area contributed by atoms with Crippen molar-refractivity contribution in [3.05, 3.63) is 49.7 Å². The first-order chi connectivity index (χ1) is 10.5. The zero-order valence-corrected chi connectivity index (χ0v) is 14.1. The molecule has 0 aliphatic carbocycles. The lowest BCUT2D eigenvalue weighted by Gasteiger charge is -2.07. The number of hydrogen-bond acceptors (Lipinski definition) is 3. The zero-order chi connectivity index (χ0) is 16.1. The lowest BCUT2D eigenvalue weighted by Crippen LogP contribution is -2.27. The average Bonchev–Trinajstić information content (AvgIpc) is 2.98. The summed E-state index contributed by atoms with van der Waals surface area (Å²) in [6.45, 7) is 0.137. The number of nitrogens with one attached hydrogen (secondary N) is 2. The van der Waals surface area contributed by atoms with Gasteiger partial charge in [-0.25, -0.2) is 8.78 Å². The Hall–Kier alpha value is -1.55. The fourth-order valence-electron chi connectivity index (χ4n) is 1.64. The van der Waals surface area contributed by atoms with Crippen LogP contribution < -0.4 is 10.6 Å². The van der Waals surface area contributed by atoms with E-state index in [9.17, 15) is 18.4 Å². The molecule has 2 aromatic rings. The van der Waals surface area contributed by atoms with Gasteiger partial charge < -0.3 is 10.6 Å². The summed E-state index contributed by atoms with van der Waals surface area (Å²) in [6.07, 6.45) is 0.00629. The van der Waals surface area contributed by atoms with Gasteiger partial charge in [0.25, 0.3) is 5.91 Å². The van der Waals surface area contributed by atoms with E-state index in [2.05, 4.69) is 10.6 Å². The fourth-order valence-corrected chi connectivity index (χ4v) is 2.59. The zero-order valence-electron chi connectivity index (χ0n) is 11.2. The van der Waals surface area contributed by atoms with E-state index < -0.39 is 17.5 Å². The van der Waals surface area contributed by atoms with Gasteiger partial charge in [0, 0.05) is 18.7 Å². The number of amides is 2. The number of anilines is 1. The topological polar surface area (TPSA) is 58.2 Å². The number of hydrogen-bond donors (Lipinski definition) is 2. The molecule has 0 aliphatic rings. The second-order valence-corrected chi connectivity index (χ2v) is 6.31. The van der Waals surface area contributed by atoms with Gasteiger partial charge in [-0.15, -0.1) is 11.3 Å². The Kier molecular flexibility index (Phi) is 5.83. The van der Waals surface area contributed by atoms with Crippen LogP contribution >= 0.6 is 33.9 Å². The van der Waals surface area contributed by atoms with Crippen molar-refractivity contribution >= 4 is 51.4 Å². The Labute approximate surface area is 143 Å². The number of halogens is 3. The van der Waals surface area contributed by atoms with E-state index >= 15 is 0 Å². The minimum absolute atomic E-state index is 0.00629. The second kappa shape index (κ2) is 7.63. The molecule has 1 aromatic heterocycles. The Bertz CT molecular complexity index is 669. The van der Waals surface area contributed by atoms with Crippen LogP contribution in [-0.2, 0) is 4.79 Å². The van der Waals surface area contributed by atoms with Crippen molar-refractivity contribution in [1.82, 2.24) is 5.32 Å². The molecule has 0 fully saturated rings. The summed E-state index contributed by atoms with van der Waals surface area (Å²) in [5.74, 6) is -2.16. The fraction of sp³-hybridized carbons (Fsp3) is 0.143. The summed E-state index contributed by atoms with van der Waals surface area (Å²) < 4.78 is 26.6. The summed E-state index contributed by atoms with van der Waals surface area (Å²) in [5, 5.41) is 6.76. The Balaban J connectivity index is 1.82. The van der Waals surface area contributed by atoms with Crippen LogP contribution in [0.3, 0.4) is 0 Å². The highest BCUT2D eigenvalue weighted by atomic mass is 127. The first-order valence-corrected chi connectivity index (χ1v) is 8.19. The van der Waals surface area contributed by atoms with E-state index in [-0.39, 0.29) is 28.1 Å². The maximum atomic E-state index is 13.4. The molecule has 1 heterocycles. The van der Waals surface area contributed by atoms with Crippen molar-refractivity contribution < 1.29 is 18.4 Å². The quantitative estimate of drug-likeness (QED) is 0.558. The molecule has 2 rings (SSSR count). The molecule has 0 bridgehead atoms. The summed E-state index contributed by atoms with van der Waals surface area (Å²) in [5.41, 5.74) is 0.0463. The van der Waals surface area contributed by atoms with Crippen LogP contribution in [0, 0.1) is 15.2 Å². The molecule has 0 saturated heterocycles. The predicted octanol–water partition coefficient (Wildman–Crippen LogP) is 3.39. The van der Waals surface area contributed by atoms with E-state index in [4.69, 9.17) is 0 Å². The van der Waals surface area contributed by atoms with Crippen LogP contribution in [0.1, 0.15) is 16.1 Å². The van der Waals surface area contributed by atoms with E-state index in [1.807, 2.05) is 0 Å². The predicted molar refractivity (Wildman–Crippen MR) is 89.0 cm³/mol. The number of rotatable bonds is 5. The third-order valence-electron chi connectivity index (χ3n) is 2.65. The molecule has 0 aliphatic heterocycles. The van der Waals surface area contributed by atoms with Gasteiger partial charge in [0.15, 0.2) is 0 Å². The third kappa shape index (κ3) is 4.47. The number of benzene rings is 1. The van der Waals surface area contributed by atoms with Crippen molar-refractivity contribution in [2.45, 2.75) is 6.42 Å². The summed E-state index contributed by atoms with van der Waals surface area (Å²) in [7, 11) is 0. The summed E-state index contributed by atoms with van der Waals surface area (Å²) >= 11 is 2.85. The maximum Gasteiger partial charge on any atom is 0.261 e.